The van der Waals surface area contributed by atoms with Crippen molar-refractivity contribution < 1.29 is 15.0 Å². The van der Waals surface area contributed by atoms with Crippen molar-refractivity contribution >= 4 is 5.97 Å². The molecule has 0 radical (unpaired) electrons. The maximum absolute atomic E-state index is 11.3. The van der Waals surface area contributed by atoms with Crippen LogP contribution in [0.25, 0.3) is 0 Å². The second kappa shape index (κ2) is 8.62. The summed E-state index contributed by atoms with van der Waals surface area (Å²) in [7, 11) is 0. The number of rotatable bonds is 9. The third-order valence-corrected chi connectivity index (χ3v) is 3.79. The first-order valence-corrected chi connectivity index (χ1v) is 7.62. The Kier molecular flexibility index (Phi) is 7.13. The Morgan fingerprint density at radius 1 is 1.05 bits per heavy atom. The number of phenolic OH excluding ortho intramolecular Hbond substituents is 1. The molecule has 3 heteroatoms. The smallest absolute Gasteiger partial charge is 0.336 e. The summed E-state index contributed by atoms with van der Waals surface area (Å²) in [5, 5.41) is 18.9. The minimum atomic E-state index is -0.948. The minimum Gasteiger partial charge on any atom is -0.508 e. The molecule has 0 aliphatic heterocycles. The monoisotopic (exact) mass is 278 g/mol. The highest BCUT2D eigenvalue weighted by molar-refractivity contribution is 5.91. The van der Waals surface area contributed by atoms with Crippen LogP contribution in [0.2, 0.25) is 0 Å². The molecule has 0 bridgehead atoms. The van der Waals surface area contributed by atoms with Gasteiger partial charge in [-0.1, -0.05) is 51.5 Å². The molecule has 1 aromatic carbocycles. The molecule has 0 aliphatic rings. The highest BCUT2D eigenvalue weighted by atomic mass is 16.4. The van der Waals surface area contributed by atoms with Crippen LogP contribution >= 0.6 is 0 Å². The number of unbranched alkanes of at least 4 members (excludes halogenated alkanes) is 6. The van der Waals surface area contributed by atoms with Gasteiger partial charge in [-0.3, -0.25) is 0 Å². The molecule has 1 rings (SSSR count). The van der Waals surface area contributed by atoms with Crippen molar-refractivity contribution in [1.29, 1.82) is 0 Å². The van der Waals surface area contributed by atoms with Crippen molar-refractivity contribution in [2.75, 3.05) is 0 Å². The number of carboxylic acids is 1. The van der Waals surface area contributed by atoms with Crippen molar-refractivity contribution in [2.24, 2.45) is 0 Å². The van der Waals surface area contributed by atoms with Crippen molar-refractivity contribution in [3.63, 3.8) is 0 Å². The average molecular weight is 278 g/mol. The summed E-state index contributed by atoms with van der Waals surface area (Å²) in [6.07, 6.45) is 9.29. The molecular formula is C17H26O3. The predicted molar refractivity (Wildman–Crippen MR) is 81.5 cm³/mol. The van der Waals surface area contributed by atoms with E-state index in [1.807, 2.05) is 0 Å². The summed E-state index contributed by atoms with van der Waals surface area (Å²) >= 11 is 0. The lowest BCUT2D eigenvalue weighted by Gasteiger charge is -2.10. The molecule has 0 amide bonds. The van der Waals surface area contributed by atoms with Gasteiger partial charge in [0.2, 0.25) is 0 Å². The third kappa shape index (κ3) is 4.87. The van der Waals surface area contributed by atoms with Crippen LogP contribution in [0.4, 0.5) is 0 Å². The van der Waals surface area contributed by atoms with E-state index in [9.17, 15) is 15.0 Å². The van der Waals surface area contributed by atoms with Crippen LogP contribution in [0.1, 0.15) is 73.4 Å². The van der Waals surface area contributed by atoms with Gasteiger partial charge in [-0.2, -0.15) is 0 Å². The Bertz CT molecular complexity index is 438. The van der Waals surface area contributed by atoms with E-state index in [0.717, 1.165) is 24.8 Å². The van der Waals surface area contributed by atoms with E-state index >= 15 is 0 Å². The molecule has 0 aromatic heterocycles. The molecule has 0 heterocycles. The van der Waals surface area contributed by atoms with E-state index in [-0.39, 0.29) is 11.3 Å². The van der Waals surface area contributed by atoms with E-state index in [4.69, 9.17) is 0 Å². The number of hydrogen-bond acceptors (Lipinski definition) is 2. The molecule has 1 aromatic rings. The summed E-state index contributed by atoms with van der Waals surface area (Å²) < 4.78 is 0. The number of aromatic carboxylic acids is 1. The van der Waals surface area contributed by atoms with Crippen molar-refractivity contribution in [2.45, 2.75) is 65.2 Å². The van der Waals surface area contributed by atoms with Crippen LogP contribution in [-0.2, 0) is 6.42 Å². The number of benzene rings is 1. The van der Waals surface area contributed by atoms with Gasteiger partial charge in [0.15, 0.2) is 0 Å². The minimum absolute atomic E-state index is 0.0608. The molecule has 20 heavy (non-hydrogen) atoms. The van der Waals surface area contributed by atoms with Crippen molar-refractivity contribution in [3.8, 4) is 5.75 Å². The van der Waals surface area contributed by atoms with Crippen LogP contribution in [-0.4, -0.2) is 16.2 Å². The second-order valence-corrected chi connectivity index (χ2v) is 5.42. The van der Waals surface area contributed by atoms with Gasteiger partial charge in [-0.25, -0.2) is 4.79 Å². The zero-order valence-electron chi connectivity index (χ0n) is 12.6. The largest absolute Gasteiger partial charge is 0.508 e. The van der Waals surface area contributed by atoms with Gasteiger partial charge in [-0.05, 0) is 31.4 Å². The molecule has 0 saturated carbocycles. The van der Waals surface area contributed by atoms with E-state index in [1.165, 1.54) is 32.1 Å². The van der Waals surface area contributed by atoms with Crippen LogP contribution in [0, 0.1) is 6.92 Å². The first kappa shape index (κ1) is 16.5. The molecule has 3 nitrogen and oxygen atoms in total. The molecule has 0 unspecified atom stereocenters. The standard InChI is InChI=1S/C17H26O3/c1-3-4-5-6-7-8-9-10-14-11-12-15(18)13(2)16(14)17(19)20/h11-12,18H,3-10H2,1-2H3,(H,19,20). The quantitative estimate of drug-likeness (QED) is 0.644. The van der Waals surface area contributed by atoms with Crippen molar-refractivity contribution in [3.05, 3.63) is 28.8 Å². The summed E-state index contributed by atoms with van der Waals surface area (Å²) in [6, 6.07) is 3.33. The second-order valence-electron chi connectivity index (χ2n) is 5.42. The number of phenols is 1. The zero-order valence-corrected chi connectivity index (χ0v) is 12.6. The third-order valence-electron chi connectivity index (χ3n) is 3.79. The van der Waals surface area contributed by atoms with Crippen LogP contribution in [0.15, 0.2) is 12.1 Å². The summed E-state index contributed by atoms with van der Waals surface area (Å²) in [4.78, 5) is 11.3. The lowest BCUT2D eigenvalue weighted by molar-refractivity contribution is 0.0694. The number of carbonyl (C=O) groups is 1. The Balaban J connectivity index is 2.48. The van der Waals surface area contributed by atoms with Gasteiger partial charge in [0.1, 0.15) is 5.75 Å². The highest BCUT2D eigenvalue weighted by Gasteiger charge is 2.15. The van der Waals surface area contributed by atoms with Gasteiger partial charge in [0, 0.05) is 5.56 Å². The van der Waals surface area contributed by atoms with Crippen LogP contribution < -0.4 is 0 Å². The summed E-state index contributed by atoms with van der Waals surface area (Å²) in [5.41, 5.74) is 1.58. The lowest BCUT2D eigenvalue weighted by atomic mass is 9.96. The lowest BCUT2D eigenvalue weighted by Crippen LogP contribution is -2.05. The maximum Gasteiger partial charge on any atom is 0.336 e. The predicted octanol–water partition coefficient (Wildman–Crippen LogP) is 4.69. The zero-order chi connectivity index (χ0) is 15.0. The molecule has 0 spiro atoms. The van der Waals surface area contributed by atoms with E-state index in [1.54, 1.807) is 19.1 Å². The van der Waals surface area contributed by atoms with Gasteiger partial charge >= 0.3 is 5.97 Å². The first-order valence-electron chi connectivity index (χ1n) is 7.62. The number of aryl methyl sites for hydroxylation is 1. The molecule has 0 saturated heterocycles. The van der Waals surface area contributed by atoms with Gasteiger partial charge in [-0.15, -0.1) is 0 Å². The molecule has 2 N–H and O–H groups in total. The van der Waals surface area contributed by atoms with Gasteiger partial charge < -0.3 is 10.2 Å². The average Bonchev–Trinajstić information content (AvgIpc) is 2.41. The Hall–Kier alpha value is -1.51. The van der Waals surface area contributed by atoms with Crippen molar-refractivity contribution in [1.82, 2.24) is 0 Å². The Morgan fingerprint density at radius 2 is 1.65 bits per heavy atom. The highest BCUT2D eigenvalue weighted by Crippen LogP contribution is 2.25. The van der Waals surface area contributed by atoms with E-state index < -0.39 is 5.97 Å². The fraction of sp³-hybridized carbons (Fsp3) is 0.588. The first-order chi connectivity index (χ1) is 9.57. The maximum atomic E-state index is 11.3. The van der Waals surface area contributed by atoms with Crippen LogP contribution in [0.5, 0.6) is 5.75 Å². The van der Waals surface area contributed by atoms with Gasteiger partial charge in [0.25, 0.3) is 0 Å². The summed E-state index contributed by atoms with van der Waals surface area (Å²) in [6.45, 7) is 3.87. The van der Waals surface area contributed by atoms with Crippen LogP contribution in [0.3, 0.4) is 0 Å². The number of hydrogen-bond donors (Lipinski definition) is 2. The topological polar surface area (TPSA) is 57.5 Å². The fourth-order valence-corrected chi connectivity index (χ4v) is 2.54. The molecule has 0 atom stereocenters. The molecule has 112 valence electrons. The fourth-order valence-electron chi connectivity index (χ4n) is 2.54. The SMILES string of the molecule is CCCCCCCCCc1ccc(O)c(C)c1C(=O)O. The van der Waals surface area contributed by atoms with Gasteiger partial charge in [0.05, 0.1) is 5.56 Å². The number of carboxylic acid groups (broad SMARTS) is 1. The number of aromatic hydroxyl groups is 1. The van der Waals surface area contributed by atoms with E-state index in [2.05, 4.69) is 6.92 Å². The Morgan fingerprint density at radius 3 is 2.25 bits per heavy atom. The normalized spacial score (nSPS) is 10.7. The molecule has 0 fully saturated rings. The Labute approximate surface area is 121 Å². The van der Waals surface area contributed by atoms with E-state index in [0.29, 0.717) is 5.56 Å². The molecular weight excluding hydrogens is 252 g/mol. The summed E-state index contributed by atoms with van der Waals surface area (Å²) in [5.74, 6) is -0.887. The molecule has 0 aliphatic carbocycles.